The van der Waals surface area contributed by atoms with Crippen LogP contribution in [-0.2, 0) is 17.7 Å². The number of rotatable bonds is 3. The number of likely N-dealkylation sites (N-methyl/N-ethyl adjacent to an activating group) is 1. The summed E-state index contributed by atoms with van der Waals surface area (Å²) in [5, 5.41) is 5.66. The van der Waals surface area contributed by atoms with Gasteiger partial charge in [0, 0.05) is 30.5 Å². The molecule has 0 unspecified atom stereocenters. The molecule has 3 heterocycles. The van der Waals surface area contributed by atoms with Crippen LogP contribution in [0.5, 0.6) is 0 Å². The van der Waals surface area contributed by atoms with Crippen LogP contribution in [0.4, 0.5) is 0 Å². The first kappa shape index (κ1) is 15.8. The van der Waals surface area contributed by atoms with Crippen LogP contribution < -0.4 is 0 Å². The van der Waals surface area contributed by atoms with Crippen molar-refractivity contribution in [1.82, 2.24) is 19.7 Å². The number of para-hydroxylation sites is 1. The molecule has 1 aliphatic rings. The Morgan fingerprint density at radius 1 is 1.24 bits per heavy atom. The van der Waals surface area contributed by atoms with E-state index in [9.17, 15) is 4.79 Å². The van der Waals surface area contributed by atoms with Crippen molar-refractivity contribution in [3.05, 3.63) is 53.3 Å². The van der Waals surface area contributed by atoms with Crippen LogP contribution >= 0.6 is 0 Å². The van der Waals surface area contributed by atoms with Crippen LogP contribution in [0.3, 0.4) is 0 Å². The number of nitrogens with zero attached hydrogens (tertiary/aromatic N) is 4. The highest BCUT2D eigenvalue weighted by molar-refractivity contribution is 5.89. The van der Waals surface area contributed by atoms with Crippen molar-refractivity contribution < 1.29 is 9.53 Å². The van der Waals surface area contributed by atoms with Crippen LogP contribution in [0.15, 0.2) is 36.4 Å². The Bertz CT molecular complexity index is 948. The van der Waals surface area contributed by atoms with E-state index in [4.69, 9.17) is 9.72 Å². The van der Waals surface area contributed by atoms with Gasteiger partial charge in [-0.2, -0.15) is 5.10 Å². The smallest absolute Gasteiger partial charge is 0.359 e. The number of hydrogen-bond donors (Lipinski definition) is 0. The number of pyridine rings is 1. The first-order valence-electron chi connectivity index (χ1n) is 8.50. The van der Waals surface area contributed by atoms with E-state index < -0.39 is 0 Å². The van der Waals surface area contributed by atoms with E-state index in [1.54, 1.807) is 11.6 Å². The third kappa shape index (κ3) is 2.78. The number of carbonyl (C=O) groups excluding carboxylic acids is 1. The Labute approximate surface area is 146 Å². The molecule has 4 rings (SSSR count). The molecule has 0 bridgehead atoms. The molecule has 25 heavy (non-hydrogen) atoms. The summed E-state index contributed by atoms with van der Waals surface area (Å²) in [5.41, 5.74) is 3.30. The van der Waals surface area contributed by atoms with Gasteiger partial charge < -0.3 is 9.64 Å². The molecule has 0 amide bonds. The zero-order valence-corrected chi connectivity index (χ0v) is 14.4. The van der Waals surface area contributed by atoms with Crippen LogP contribution in [0.2, 0.25) is 0 Å². The fourth-order valence-electron chi connectivity index (χ4n) is 3.28. The molecule has 6 heteroatoms. The summed E-state index contributed by atoms with van der Waals surface area (Å²) < 4.78 is 7.00. The van der Waals surface area contributed by atoms with E-state index in [2.05, 4.69) is 10.00 Å². The minimum atomic E-state index is -0.367. The molecular weight excluding hydrogens is 316 g/mol. The monoisotopic (exact) mass is 336 g/mol. The molecule has 0 aliphatic carbocycles. The predicted octanol–water partition coefficient (Wildman–Crippen LogP) is 2.59. The molecular formula is C19H20N4O2. The number of fused-ring (bicyclic) bond motifs is 2. The number of carbonyl (C=O) groups is 1. The SMILES string of the molecule is CCOC(=O)c1nn(-c2ccc3ccccc3n2)c2c1CN(C)CC2. The maximum Gasteiger partial charge on any atom is 0.359 e. The Balaban J connectivity index is 1.85. The van der Waals surface area contributed by atoms with Crippen molar-refractivity contribution in [2.75, 3.05) is 20.2 Å². The zero-order valence-electron chi connectivity index (χ0n) is 14.4. The standard InChI is InChI=1S/C19H20N4O2/c1-3-25-19(24)18-14-12-22(2)11-10-16(14)23(21-18)17-9-8-13-6-4-5-7-15(13)20-17/h4-9H,3,10-12H2,1-2H3. The van der Waals surface area contributed by atoms with Gasteiger partial charge in [0.15, 0.2) is 11.5 Å². The second-order valence-electron chi connectivity index (χ2n) is 6.26. The summed E-state index contributed by atoms with van der Waals surface area (Å²) >= 11 is 0. The number of aromatic nitrogens is 3. The van der Waals surface area contributed by atoms with Crippen LogP contribution in [0.1, 0.15) is 28.7 Å². The molecule has 0 spiro atoms. The van der Waals surface area contributed by atoms with E-state index >= 15 is 0 Å². The Morgan fingerprint density at radius 3 is 2.92 bits per heavy atom. The molecule has 0 saturated carbocycles. The summed E-state index contributed by atoms with van der Waals surface area (Å²) in [6, 6.07) is 12.0. The minimum Gasteiger partial charge on any atom is -0.461 e. The molecule has 1 aromatic carbocycles. The van der Waals surface area contributed by atoms with Crippen LogP contribution in [0.25, 0.3) is 16.7 Å². The molecule has 1 aliphatic heterocycles. The highest BCUT2D eigenvalue weighted by Crippen LogP contribution is 2.25. The Hall–Kier alpha value is -2.73. The van der Waals surface area contributed by atoms with Gasteiger partial charge in [0.05, 0.1) is 17.8 Å². The molecule has 0 radical (unpaired) electrons. The summed E-state index contributed by atoms with van der Waals surface area (Å²) in [6.45, 7) is 3.76. The van der Waals surface area contributed by atoms with Crippen molar-refractivity contribution in [2.24, 2.45) is 0 Å². The lowest BCUT2D eigenvalue weighted by atomic mass is 10.1. The molecule has 128 valence electrons. The van der Waals surface area contributed by atoms with E-state index in [0.29, 0.717) is 18.8 Å². The quantitative estimate of drug-likeness (QED) is 0.688. The van der Waals surface area contributed by atoms with Gasteiger partial charge in [-0.3, -0.25) is 0 Å². The molecule has 2 aromatic heterocycles. The summed E-state index contributed by atoms with van der Waals surface area (Å²) in [5.74, 6) is 0.364. The lowest BCUT2D eigenvalue weighted by Crippen LogP contribution is -2.28. The molecule has 6 nitrogen and oxygen atoms in total. The maximum absolute atomic E-state index is 12.3. The fraction of sp³-hybridized carbons (Fsp3) is 0.316. The predicted molar refractivity (Wildman–Crippen MR) is 94.9 cm³/mol. The van der Waals surface area contributed by atoms with Gasteiger partial charge in [-0.25, -0.2) is 14.5 Å². The molecule has 0 atom stereocenters. The van der Waals surface area contributed by atoms with Gasteiger partial charge in [0.2, 0.25) is 0 Å². The third-order valence-corrected chi connectivity index (χ3v) is 4.52. The third-order valence-electron chi connectivity index (χ3n) is 4.52. The second kappa shape index (κ2) is 6.29. The largest absolute Gasteiger partial charge is 0.461 e. The molecule has 3 aromatic rings. The van der Waals surface area contributed by atoms with Crippen molar-refractivity contribution >= 4 is 16.9 Å². The first-order valence-corrected chi connectivity index (χ1v) is 8.50. The van der Waals surface area contributed by atoms with E-state index in [-0.39, 0.29) is 5.97 Å². The second-order valence-corrected chi connectivity index (χ2v) is 6.26. The van der Waals surface area contributed by atoms with Crippen molar-refractivity contribution in [3.63, 3.8) is 0 Å². The van der Waals surface area contributed by atoms with Crippen LogP contribution in [0, 0.1) is 0 Å². The van der Waals surface area contributed by atoms with E-state index in [1.807, 2.05) is 43.4 Å². The van der Waals surface area contributed by atoms with Gasteiger partial charge in [-0.1, -0.05) is 18.2 Å². The molecule has 0 fully saturated rings. The zero-order chi connectivity index (χ0) is 17.4. The number of benzene rings is 1. The average molecular weight is 336 g/mol. The van der Waals surface area contributed by atoms with E-state index in [0.717, 1.165) is 40.9 Å². The highest BCUT2D eigenvalue weighted by atomic mass is 16.5. The summed E-state index contributed by atoms with van der Waals surface area (Å²) in [4.78, 5) is 19.3. The molecule has 0 N–H and O–H groups in total. The van der Waals surface area contributed by atoms with Crippen molar-refractivity contribution in [3.8, 4) is 5.82 Å². The van der Waals surface area contributed by atoms with Gasteiger partial charge in [-0.05, 0) is 32.2 Å². The number of ether oxygens (including phenoxy) is 1. The average Bonchev–Trinajstić information content (AvgIpc) is 3.00. The fourth-order valence-corrected chi connectivity index (χ4v) is 3.28. The van der Waals surface area contributed by atoms with Gasteiger partial charge in [0.1, 0.15) is 0 Å². The Morgan fingerprint density at radius 2 is 2.08 bits per heavy atom. The molecule has 0 saturated heterocycles. The Kier molecular flexibility index (Phi) is 3.97. The van der Waals surface area contributed by atoms with Gasteiger partial charge >= 0.3 is 5.97 Å². The first-order chi connectivity index (χ1) is 12.2. The number of esters is 1. The summed E-state index contributed by atoms with van der Waals surface area (Å²) in [6.07, 6.45) is 0.826. The van der Waals surface area contributed by atoms with E-state index in [1.165, 1.54) is 0 Å². The van der Waals surface area contributed by atoms with Crippen LogP contribution in [-0.4, -0.2) is 45.8 Å². The van der Waals surface area contributed by atoms with Crippen molar-refractivity contribution in [2.45, 2.75) is 19.9 Å². The lowest BCUT2D eigenvalue weighted by molar-refractivity contribution is 0.0516. The normalized spacial score (nSPS) is 14.5. The van der Waals surface area contributed by atoms with Crippen molar-refractivity contribution in [1.29, 1.82) is 0 Å². The summed E-state index contributed by atoms with van der Waals surface area (Å²) in [7, 11) is 2.05. The lowest BCUT2D eigenvalue weighted by Gasteiger charge is -2.23. The topological polar surface area (TPSA) is 60.2 Å². The highest BCUT2D eigenvalue weighted by Gasteiger charge is 2.28. The van der Waals surface area contributed by atoms with Gasteiger partial charge in [-0.15, -0.1) is 0 Å². The van der Waals surface area contributed by atoms with Gasteiger partial charge in [0.25, 0.3) is 0 Å². The minimum absolute atomic E-state index is 0.338. The maximum atomic E-state index is 12.3. The number of hydrogen-bond acceptors (Lipinski definition) is 5.